The minimum absolute atomic E-state index is 0.0722. The van der Waals surface area contributed by atoms with Crippen molar-refractivity contribution >= 4 is 22.4 Å². The predicted molar refractivity (Wildman–Crippen MR) is 109 cm³/mol. The molecule has 2 aromatic carbocycles. The number of pyridine rings is 1. The zero-order chi connectivity index (χ0) is 19.7. The van der Waals surface area contributed by atoms with Gasteiger partial charge in [-0.15, -0.1) is 0 Å². The number of non-ortho nitro benzene ring substituents is 1. The van der Waals surface area contributed by atoms with E-state index in [0.29, 0.717) is 5.82 Å². The van der Waals surface area contributed by atoms with E-state index in [4.69, 9.17) is 9.97 Å². The summed E-state index contributed by atoms with van der Waals surface area (Å²) in [7, 11) is 3.88. The van der Waals surface area contributed by atoms with Crippen molar-refractivity contribution in [2.24, 2.45) is 0 Å². The number of aromatic nitrogens is 3. The molecule has 4 aromatic rings. The van der Waals surface area contributed by atoms with Gasteiger partial charge in [-0.25, -0.2) is 9.97 Å². The van der Waals surface area contributed by atoms with Gasteiger partial charge in [0.15, 0.2) is 5.82 Å². The van der Waals surface area contributed by atoms with Crippen LogP contribution < -0.4 is 4.90 Å². The predicted octanol–water partition coefficient (Wildman–Crippen LogP) is 4.33. The SMILES string of the molecule is CN(C)c1nc(-c2cccnc2)nc2ccc(-c3ccc([N+](=O)[O-])cc3)cc12. The Kier molecular flexibility index (Phi) is 4.41. The third-order valence-corrected chi connectivity index (χ3v) is 4.43. The second-order valence-electron chi connectivity index (χ2n) is 6.54. The molecule has 7 nitrogen and oxygen atoms in total. The van der Waals surface area contributed by atoms with Crippen LogP contribution in [0.2, 0.25) is 0 Å². The molecule has 4 rings (SSSR count). The number of fused-ring (bicyclic) bond motifs is 1. The highest BCUT2D eigenvalue weighted by Crippen LogP contribution is 2.31. The molecule has 0 radical (unpaired) electrons. The maximum Gasteiger partial charge on any atom is 0.269 e. The molecule has 0 bridgehead atoms. The summed E-state index contributed by atoms with van der Waals surface area (Å²) >= 11 is 0. The van der Waals surface area contributed by atoms with E-state index in [-0.39, 0.29) is 5.69 Å². The van der Waals surface area contributed by atoms with Crippen molar-refractivity contribution in [3.63, 3.8) is 0 Å². The number of rotatable bonds is 4. The van der Waals surface area contributed by atoms with Crippen LogP contribution in [0.25, 0.3) is 33.4 Å². The summed E-state index contributed by atoms with van der Waals surface area (Å²) in [5.74, 6) is 1.42. The van der Waals surface area contributed by atoms with E-state index in [1.54, 1.807) is 24.5 Å². The molecule has 0 fully saturated rings. The molecule has 0 amide bonds. The minimum Gasteiger partial charge on any atom is -0.362 e. The highest BCUT2D eigenvalue weighted by Gasteiger charge is 2.13. The second kappa shape index (κ2) is 7.03. The molecule has 0 N–H and O–H groups in total. The number of nitro benzene ring substituents is 1. The molecule has 0 aliphatic heterocycles. The van der Waals surface area contributed by atoms with Crippen molar-refractivity contribution in [1.82, 2.24) is 15.0 Å². The van der Waals surface area contributed by atoms with Crippen LogP contribution in [0, 0.1) is 10.1 Å². The Balaban J connectivity index is 1.85. The normalized spacial score (nSPS) is 10.8. The van der Waals surface area contributed by atoms with Crippen molar-refractivity contribution in [3.8, 4) is 22.5 Å². The molecule has 0 saturated carbocycles. The van der Waals surface area contributed by atoms with E-state index >= 15 is 0 Å². The van der Waals surface area contributed by atoms with Crippen molar-refractivity contribution in [2.75, 3.05) is 19.0 Å². The summed E-state index contributed by atoms with van der Waals surface area (Å²) in [5, 5.41) is 11.8. The van der Waals surface area contributed by atoms with Gasteiger partial charge in [0.2, 0.25) is 0 Å². The molecule has 0 unspecified atom stereocenters. The summed E-state index contributed by atoms with van der Waals surface area (Å²) in [6.07, 6.45) is 3.46. The Morgan fingerprint density at radius 1 is 0.929 bits per heavy atom. The lowest BCUT2D eigenvalue weighted by atomic mass is 10.0. The Labute approximate surface area is 161 Å². The lowest BCUT2D eigenvalue weighted by molar-refractivity contribution is -0.384. The molecular weight excluding hydrogens is 354 g/mol. The average molecular weight is 371 g/mol. The maximum absolute atomic E-state index is 10.9. The largest absolute Gasteiger partial charge is 0.362 e. The van der Waals surface area contributed by atoms with Gasteiger partial charge >= 0.3 is 0 Å². The van der Waals surface area contributed by atoms with Crippen LogP contribution in [0.3, 0.4) is 0 Å². The van der Waals surface area contributed by atoms with Crippen LogP contribution in [-0.2, 0) is 0 Å². The Morgan fingerprint density at radius 3 is 2.32 bits per heavy atom. The molecule has 0 aliphatic carbocycles. The Bertz CT molecular complexity index is 1160. The number of benzene rings is 2. The average Bonchev–Trinajstić information content (AvgIpc) is 2.73. The molecule has 0 saturated heterocycles. The van der Waals surface area contributed by atoms with Crippen LogP contribution in [-0.4, -0.2) is 34.0 Å². The standard InChI is InChI=1S/C21H17N5O2/c1-25(2)21-18-12-15(14-5-8-17(9-6-14)26(27)28)7-10-19(18)23-20(24-21)16-4-3-11-22-13-16/h3-13H,1-2H3. The number of hydrogen-bond acceptors (Lipinski definition) is 6. The quantitative estimate of drug-likeness (QED) is 0.392. The molecule has 2 aromatic heterocycles. The zero-order valence-corrected chi connectivity index (χ0v) is 15.4. The lowest BCUT2D eigenvalue weighted by Crippen LogP contribution is -2.12. The second-order valence-corrected chi connectivity index (χ2v) is 6.54. The molecular formula is C21H17N5O2. The van der Waals surface area contributed by atoms with Crippen LogP contribution in [0.5, 0.6) is 0 Å². The Hall–Kier alpha value is -3.87. The van der Waals surface area contributed by atoms with Gasteiger partial charge in [-0.2, -0.15) is 0 Å². The van der Waals surface area contributed by atoms with Crippen molar-refractivity contribution < 1.29 is 4.92 Å². The third-order valence-electron chi connectivity index (χ3n) is 4.43. The topological polar surface area (TPSA) is 85.0 Å². The van der Waals surface area contributed by atoms with Crippen LogP contribution in [0.1, 0.15) is 0 Å². The molecule has 7 heteroatoms. The van der Waals surface area contributed by atoms with Gasteiger partial charge < -0.3 is 4.90 Å². The van der Waals surface area contributed by atoms with Crippen LogP contribution in [0.4, 0.5) is 11.5 Å². The number of nitrogens with zero attached hydrogens (tertiary/aromatic N) is 5. The lowest BCUT2D eigenvalue weighted by Gasteiger charge is -2.16. The first-order valence-corrected chi connectivity index (χ1v) is 8.67. The van der Waals surface area contributed by atoms with Gasteiger partial charge in [0.1, 0.15) is 5.82 Å². The van der Waals surface area contributed by atoms with E-state index in [9.17, 15) is 10.1 Å². The number of nitro groups is 1. The smallest absolute Gasteiger partial charge is 0.269 e. The third kappa shape index (κ3) is 3.25. The van der Waals surface area contributed by atoms with Gasteiger partial charge in [-0.05, 0) is 47.5 Å². The summed E-state index contributed by atoms with van der Waals surface area (Å²) in [6, 6.07) is 16.2. The molecule has 0 aliphatic rings. The fourth-order valence-electron chi connectivity index (χ4n) is 3.03. The van der Waals surface area contributed by atoms with Gasteiger partial charge in [-0.1, -0.05) is 6.07 Å². The minimum atomic E-state index is -0.401. The van der Waals surface area contributed by atoms with Gasteiger partial charge in [0.25, 0.3) is 5.69 Å². The van der Waals surface area contributed by atoms with Crippen molar-refractivity contribution in [3.05, 3.63) is 77.1 Å². The monoisotopic (exact) mass is 371 g/mol. The molecule has 138 valence electrons. The highest BCUT2D eigenvalue weighted by atomic mass is 16.6. The van der Waals surface area contributed by atoms with E-state index in [1.807, 2.05) is 49.3 Å². The van der Waals surface area contributed by atoms with Crippen molar-refractivity contribution in [1.29, 1.82) is 0 Å². The molecule has 2 heterocycles. The summed E-state index contributed by atoms with van der Waals surface area (Å²) < 4.78 is 0. The Morgan fingerprint density at radius 2 is 1.68 bits per heavy atom. The van der Waals surface area contributed by atoms with Crippen LogP contribution >= 0.6 is 0 Å². The first-order chi connectivity index (χ1) is 13.5. The fourth-order valence-corrected chi connectivity index (χ4v) is 3.03. The molecule has 28 heavy (non-hydrogen) atoms. The van der Waals surface area contributed by atoms with Gasteiger partial charge in [0.05, 0.1) is 10.4 Å². The molecule has 0 atom stereocenters. The highest BCUT2D eigenvalue weighted by molar-refractivity contribution is 5.94. The zero-order valence-electron chi connectivity index (χ0n) is 15.4. The van der Waals surface area contributed by atoms with Crippen LogP contribution in [0.15, 0.2) is 67.0 Å². The first-order valence-electron chi connectivity index (χ1n) is 8.67. The maximum atomic E-state index is 10.9. The van der Waals surface area contributed by atoms with Gasteiger partial charge in [-0.3, -0.25) is 15.1 Å². The first kappa shape index (κ1) is 17.5. The number of anilines is 1. The summed E-state index contributed by atoms with van der Waals surface area (Å²) in [6.45, 7) is 0. The number of hydrogen-bond donors (Lipinski definition) is 0. The fraction of sp³-hybridized carbons (Fsp3) is 0.0952. The van der Waals surface area contributed by atoms with Crippen molar-refractivity contribution in [2.45, 2.75) is 0 Å². The van der Waals surface area contributed by atoms with E-state index in [0.717, 1.165) is 33.4 Å². The molecule has 0 spiro atoms. The van der Waals surface area contributed by atoms with E-state index in [2.05, 4.69) is 4.98 Å². The van der Waals surface area contributed by atoms with E-state index < -0.39 is 4.92 Å². The van der Waals surface area contributed by atoms with Gasteiger partial charge in [0, 0.05) is 49.6 Å². The van der Waals surface area contributed by atoms with E-state index in [1.165, 1.54) is 12.1 Å². The summed E-state index contributed by atoms with van der Waals surface area (Å²) in [5.41, 5.74) is 3.59. The summed E-state index contributed by atoms with van der Waals surface area (Å²) in [4.78, 5) is 26.0.